The van der Waals surface area contributed by atoms with Gasteiger partial charge in [0.2, 0.25) is 0 Å². The summed E-state index contributed by atoms with van der Waals surface area (Å²) in [6.07, 6.45) is 7.46. The highest BCUT2D eigenvalue weighted by Gasteiger charge is 2.17. The number of aromatic nitrogens is 1. The van der Waals surface area contributed by atoms with E-state index in [9.17, 15) is 0 Å². The van der Waals surface area contributed by atoms with Crippen LogP contribution in [0.5, 0.6) is 0 Å². The number of fused-ring (bicyclic) bond motifs is 1. The fraction of sp³-hybridized carbons (Fsp3) is 0.360. The third-order valence-corrected chi connectivity index (χ3v) is 6.04. The van der Waals surface area contributed by atoms with Crippen LogP contribution in [0.4, 0.5) is 17.1 Å². The van der Waals surface area contributed by atoms with Crippen LogP contribution in [0.25, 0.3) is 22.0 Å². The Kier molecular flexibility index (Phi) is 6.00. The maximum Gasteiger partial charge on any atom is 0.0961 e. The fourth-order valence-electron chi connectivity index (χ4n) is 4.36. The molecule has 0 spiro atoms. The van der Waals surface area contributed by atoms with Crippen molar-refractivity contribution in [2.45, 2.75) is 32.2 Å². The van der Waals surface area contributed by atoms with Crippen molar-refractivity contribution >= 4 is 40.9 Å². The van der Waals surface area contributed by atoms with Gasteiger partial charge in [0.25, 0.3) is 0 Å². The zero-order chi connectivity index (χ0) is 21.1. The van der Waals surface area contributed by atoms with E-state index in [2.05, 4.69) is 88.2 Å². The van der Waals surface area contributed by atoms with Gasteiger partial charge in [-0.2, -0.15) is 0 Å². The Balaban J connectivity index is 1.77. The lowest BCUT2D eigenvalue weighted by molar-refractivity contribution is 0.348. The lowest BCUT2D eigenvalue weighted by atomic mass is 9.99. The van der Waals surface area contributed by atoms with E-state index in [4.69, 9.17) is 0 Å². The number of nitrogens with zero attached hydrogens (tertiary/aromatic N) is 4. The molecule has 156 valence electrons. The maximum atomic E-state index is 4.66. The monoisotopic (exact) mass is 401 g/mol. The highest BCUT2D eigenvalue weighted by atomic mass is 15.1. The summed E-state index contributed by atoms with van der Waals surface area (Å²) >= 11 is 0. The number of hydrogen-bond acceptors (Lipinski definition) is 4. The van der Waals surface area contributed by atoms with Crippen molar-refractivity contribution < 1.29 is 0 Å². The molecule has 2 aromatic carbocycles. The number of anilines is 1. The highest BCUT2D eigenvalue weighted by Crippen LogP contribution is 2.42. The van der Waals surface area contributed by atoms with Crippen LogP contribution in [-0.2, 0) is 7.05 Å². The Hall–Kier alpha value is -2.92. The molecule has 1 saturated heterocycles. The van der Waals surface area contributed by atoms with Gasteiger partial charge in [0.05, 0.1) is 11.4 Å². The molecule has 0 saturated carbocycles. The van der Waals surface area contributed by atoms with E-state index in [1.165, 1.54) is 30.3 Å². The second kappa shape index (κ2) is 8.84. The number of aryl methyl sites for hydroxylation is 1. The summed E-state index contributed by atoms with van der Waals surface area (Å²) in [5.74, 6) is 0. The molecule has 5 heteroatoms. The molecule has 1 aliphatic heterocycles. The van der Waals surface area contributed by atoms with Crippen molar-refractivity contribution in [3.63, 3.8) is 0 Å². The molecule has 0 bridgehead atoms. The lowest BCUT2D eigenvalue weighted by Crippen LogP contribution is -2.23. The van der Waals surface area contributed by atoms with Crippen LogP contribution in [0.1, 0.15) is 26.2 Å². The Labute approximate surface area is 179 Å². The molecule has 1 fully saturated rings. The van der Waals surface area contributed by atoms with E-state index in [-0.39, 0.29) is 0 Å². The minimum absolute atomic E-state index is 0.469. The van der Waals surface area contributed by atoms with Gasteiger partial charge in [-0.15, -0.1) is 0 Å². The van der Waals surface area contributed by atoms with Crippen LogP contribution < -0.4 is 5.32 Å². The predicted molar refractivity (Wildman–Crippen MR) is 130 cm³/mol. The molecule has 2 heterocycles. The molecule has 4 rings (SSSR count). The fourth-order valence-corrected chi connectivity index (χ4v) is 4.36. The van der Waals surface area contributed by atoms with Crippen LogP contribution in [0.3, 0.4) is 0 Å². The minimum Gasteiger partial charge on any atom is -0.382 e. The zero-order valence-electron chi connectivity index (χ0n) is 18.2. The number of benzene rings is 2. The van der Waals surface area contributed by atoms with Crippen LogP contribution in [0, 0.1) is 0 Å². The number of likely N-dealkylation sites (tertiary alicyclic amines) is 1. The number of nitrogens with one attached hydrogen (secondary N) is 1. The molecule has 1 unspecified atom stereocenters. The molecule has 5 nitrogen and oxygen atoms in total. The Morgan fingerprint density at radius 1 is 1.10 bits per heavy atom. The highest BCUT2D eigenvalue weighted by molar-refractivity contribution is 5.93. The average molecular weight is 402 g/mol. The largest absolute Gasteiger partial charge is 0.382 e. The zero-order valence-corrected chi connectivity index (χ0v) is 18.2. The van der Waals surface area contributed by atoms with Crippen molar-refractivity contribution in [2.24, 2.45) is 17.0 Å². The molecule has 3 aromatic rings. The van der Waals surface area contributed by atoms with Gasteiger partial charge < -0.3 is 14.8 Å². The summed E-state index contributed by atoms with van der Waals surface area (Å²) in [7, 11) is 4.28. The average Bonchev–Trinajstić information content (AvgIpc) is 3.00. The van der Waals surface area contributed by atoms with Crippen LogP contribution in [-0.4, -0.2) is 48.6 Å². The third-order valence-electron chi connectivity index (χ3n) is 6.04. The van der Waals surface area contributed by atoms with Crippen molar-refractivity contribution in [3.05, 3.63) is 42.6 Å². The predicted octanol–water partition coefficient (Wildman–Crippen LogP) is 5.80. The summed E-state index contributed by atoms with van der Waals surface area (Å²) in [6.45, 7) is 8.05. The Morgan fingerprint density at radius 2 is 1.97 bits per heavy atom. The second-order valence-electron chi connectivity index (χ2n) is 8.21. The molecule has 1 atom stereocenters. The van der Waals surface area contributed by atoms with Crippen molar-refractivity contribution in [1.82, 2.24) is 9.47 Å². The first-order chi connectivity index (χ1) is 14.6. The molecule has 0 aliphatic carbocycles. The van der Waals surface area contributed by atoms with Crippen LogP contribution in [0.2, 0.25) is 0 Å². The van der Waals surface area contributed by atoms with E-state index in [1.807, 2.05) is 13.1 Å². The third kappa shape index (κ3) is 4.17. The quantitative estimate of drug-likeness (QED) is 0.550. The van der Waals surface area contributed by atoms with Gasteiger partial charge in [-0.3, -0.25) is 9.98 Å². The standard InChI is InChI=1S/C25H31N5/c1-5-27-25-22(19-9-8-18-10-14-30(4)24(18)15-19)16-21(17-23(25)26-2)28-20-7-6-12-29(3)13-11-20/h5,8-10,14-17,20,28H,2,6-7,11-13H2,1,3-4H3/b27-5-. The van der Waals surface area contributed by atoms with Gasteiger partial charge in [0.1, 0.15) is 0 Å². The molecule has 1 aliphatic rings. The van der Waals surface area contributed by atoms with Crippen LogP contribution in [0.15, 0.2) is 52.6 Å². The summed E-state index contributed by atoms with van der Waals surface area (Å²) in [6, 6.07) is 13.5. The molecule has 30 heavy (non-hydrogen) atoms. The first kappa shape index (κ1) is 20.4. The first-order valence-electron chi connectivity index (χ1n) is 10.7. The van der Waals surface area contributed by atoms with Gasteiger partial charge in [0.15, 0.2) is 0 Å². The normalized spacial score (nSPS) is 18.0. The molecule has 0 amide bonds. The van der Waals surface area contributed by atoms with Gasteiger partial charge in [0, 0.05) is 42.3 Å². The van der Waals surface area contributed by atoms with Crippen LogP contribution >= 0.6 is 0 Å². The topological polar surface area (TPSA) is 44.9 Å². The van der Waals surface area contributed by atoms with Gasteiger partial charge in [-0.1, -0.05) is 12.1 Å². The van der Waals surface area contributed by atoms with Crippen molar-refractivity contribution in [2.75, 3.05) is 25.5 Å². The Bertz CT molecular complexity index is 1080. The molecule has 1 N–H and O–H groups in total. The van der Waals surface area contributed by atoms with Gasteiger partial charge in [-0.05, 0) is 88.3 Å². The van der Waals surface area contributed by atoms with Gasteiger partial charge in [-0.25, -0.2) is 0 Å². The van der Waals surface area contributed by atoms with Crippen molar-refractivity contribution in [3.8, 4) is 11.1 Å². The summed E-state index contributed by atoms with van der Waals surface area (Å²) in [5, 5.41) is 5.00. The first-order valence-corrected chi connectivity index (χ1v) is 10.7. The molecule has 0 radical (unpaired) electrons. The van der Waals surface area contributed by atoms with E-state index in [1.54, 1.807) is 0 Å². The second-order valence-corrected chi connectivity index (χ2v) is 8.21. The molecular weight excluding hydrogens is 370 g/mol. The molecule has 1 aromatic heterocycles. The molecular formula is C25H31N5. The van der Waals surface area contributed by atoms with E-state index < -0.39 is 0 Å². The number of rotatable bonds is 5. The van der Waals surface area contributed by atoms with Crippen molar-refractivity contribution in [1.29, 1.82) is 0 Å². The number of aliphatic imine (C=N–C) groups is 2. The smallest absolute Gasteiger partial charge is 0.0961 e. The van der Waals surface area contributed by atoms with E-state index >= 15 is 0 Å². The van der Waals surface area contributed by atoms with E-state index in [0.29, 0.717) is 6.04 Å². The minimum atomic E-state index is 0.469. The summed E-state index contributed by atoms with van der Waals surface area (Å²) < 4.78 is 2.15. The van der Waals surface area contributed by atoms with E-state index in [0.717, 1.165) is 41.2 Å². The Morgan fingerprint density at radius 3 is 2.77 bits per heavy atom. The summed E-state index contributed by atoms with van der Waals surface area (Å²) in [4.78, 5) is 11.4. The maximum absolute atomic E-state index is 4.66. The van der Waals surface area contributed by atoms with Gasteiger partial charge >= 0.3 is 0 Å². The SMILES string of the molecule is C=Nc1cc(NC2CCCN(C)CC2)cc(-c2ccc3ccn(C)c3c2)c1/N=C\C. The lowest BCUT2D eigenvalue weighted by Gasteiger charge is -2.20. The number of hydrogen-bond donors (Lipinski definition) is 1. The summed E-state index contributed by atoms with van der Waals surface area (Å²) in [5.41, 5.74) is 6.19.